The van der Waals surface area contributed by atoms with Crippen LogP contribution in [0.5, 0.6) is 11.5 Å². The van der Waals surface area contributed by atoms with E-state index in [4.69, 9.17) is 9.47 Å². The Morgan fingerprint density at radius 2 is 2.04 bits per heavy atom. The third-order valence-corrected chi connectivity index (χ3v) is 5.31. The fourth-order valence-corrected chi connectivity index (χ4v) is 3.73. The predicted molar refractivity (Wildman–Crippen MR) is 109 cm³/mol. The number of amides is 1. The van der Waals surface area contributed by atoms with Gasteiger partial charge in [0.25, 0.3) is 5.91 Å². The van der Waals surface area contributed by atoms with Gasteiger partial charge in [-0.05, 0) is 48.9 Å². The molecule has 0 saturated heterocycles. The van der Waals surface area contributed by atoms with Crippen LogP contribution < -0.4 is 19.1 Å². The van der Waals surface area contributed by atoms with Gasteiger partial charge in [-0.2, -0.15) is 0 Å². The summed E-state index contributed by atoms with van der Waals surface area (Å²) < 4.78 is 36.8. The first-order chi connectivity index (χ1) is 13.3. The number of anilines is 2. The Kier molecular flexibility index (Phi) is 5.60. The Bertz CT molecular complexity index is 986. The van der Waals surface area contributed by atoms with Gasteiger partial charge in [-0.25, -0.2) is 8.42 Å². The van der Waals surface area contributed by atoms with Crippen LogP contribution in [0.25, 0.3) is 0 Å². The SMILES string of the molecule is C=CCOc1ccc(NC(=O)[C@@H]2CN(S(C)(=O)=O)c3cc(C)ccc3O2)cc1. The number of rotatable bonds is 6. The number of fused-ring (bicyclic) bond motifs is 1. The molecule has 0 aliphatic carbocycles. The monoisotopic (exact) mass is 402 g/mol. The van der Waals surface area contributed by atoms with Gasteiger partial charge in [-0.15, -0.1) is 0 Å². The molecule has 28 heavy (non-hydrogen) atoms. The minimum Gasteiger partial charge on any atom is -0.490 e. The zero-order valence-electron chi connectivity index (χ0n) is 15.7. The summed E-state index contributed by atoms with van der Waals surface area (Å²) in [6.45, 7) is 5.74. The van der Waals surface area contributed by atoms with Crippen molar-refractivity contribution < 1.29 is 22.7 Å². The van der Waals surface area contributed by atoms with Crippen molar-refractivity contribution in [2.45, 2.75) is 13.0 Å². The van der Waals surface area contributed by atoms with E-state index in [0.29, 0.717) is 29.5 Å². The van der Waals surface area contributed by atoms with Gasteiger partial charge in [0.1, 0.15) is 18.1 Å². The molecule has 7 nitrogen and oxygen atoms in total. The molecule has 2 aromatic carbocycles. The Morgan fingerprint density at radius 3 is 2.68 bits per heavy atom. The number of sulfonamides is 1. The molecule has 0 saturated carbocycles. The summed E-state index contributed by atoms with van der Waals surface area (Å²) in [6, 6.07) is 12.1. The van der Waals surface area contributed by atoms with Crippen LogP contribution >= 0.6 is 0 Å². The van der Waals surface area contributed by atoms with Gasteiger partial charge < -0.3 is 14.8 Å². The van der Waals surface area contributed by atoms with Gasteiger partial charge in [0.05, 0.1) is 18.5 Å². The second-order valence-corrected chi connectivity index (χ2v) is 8.39. The lowest BCUT2D eigenvalue weighted by molar-refractivity contribution is -0.122. The van der Waals surface area contributed by atoms with Crippen molar-refractivity contribution in [3.63, 3.8) is 0 Å². The second-order valence-electron chi connectivity index (χ2n) is 6.49. The molecule has 0 spiro atoms. The number of carbonyl (C=O) groups excluding carboxylic acids is 1. The van der Waals surface area contributed by atoms with E-state index in [-0.39, 0.29) is 6.54 Å². The number of benzene rings is 2. The number of nitrogens with one attached hydrogen (secondary N) is 1. The first kappa shape index (κ1) is 19.8. The molecule has 0 radical (unpaired) electrons. The van der Waals surface area contributed by atoms with Crippen LogP contribution in [0.15, 0.2) is 55.1 Å². The summed E-state index contributed by atoms with van der Waals surface area (Å²) in [5.74, 6) is 0.578. The third kappa shape index (κ3) is 4.45. The maximum Gasteiger partial charge on any atom is 0.267 e. The van der Waals surface area contributed by atoms with E-state index in [1.165, 1.54) is 4.31 Å². The van der Waals surface area contributed by atoms with Crippen LogP contribution in [0.2, 0.25) is 0 Å². The van der Waals surface area contributed by atoms with Crippen molar-refractivity contribution in [2.24, 2.45) is 0 Å². The molecule has 0 bridgehead atoms. The highest BCUT2D eigenvalue weighted by Gasteiger charge is 2.35. The Balaban J connectivity index is 1.77. The van der Waals surface area contributed by atoms with Crippen molar-refractivity contribution in [3.05, 3.63) is 60.7 Å². The quantitative estimate of drug-likeness (QED) is 0.751. The lowest BCUT2D eigenvalue weighted by atomic mass is 10.1. The van der Waals surface area contributed by atoms with E-state index in [9.17, 15) is 13.2 Å². The molecule has 1 aliphatic rings. The predicted octanol–water partition coefficient (Wildman–Crippen LogP) is 2.73. The lowest BCUT2D eigenvalue weighted by Gasteiger charge is -2.34. The third-order valence-electron chi connectivity index (χ3n) is 4.17. The van der Waals surface area contributed by atoms with Crippen molar-refractivity contribution in [1.82, 2.24) is 0 Å². The summed E-state index contributed by atoms with van der Waals surface area (Å²) >= 11 is 0. The zero-order chi connectivity index (χ0) is 20.3. The van der Waals surface area contributed by atoms with Gasteiger partial charge in [0, 0.05) is 5.69 Å². The molecule has 148 valence electrons. The average molecular weight is 402 g/mol. The second kappa shape index (κ2) is 7.93. The maximum absolute atomic E-state index is 12.7. The number of nitrogens with zero attached hydrogens (tertiary/aromatic N) is 1. The van der Waals surface area contributed by atoms with E-state index >= 15 is 0 Å². The molecule has 0 aromatic heterocycles. The van der Waals surface area contributed by atoms with Crippen LogP contribution in [-0.2, 0) is 14.8 Å². The van der Waals surface area contributed by atoms with Gasteiger partial charge in [-0.1, -0.05) is 18.7 Å². The van der Waals surface area contributed by atoms with Crippen LogP contribution in [0.4, 0.5) is 11.4 Å². The molecule has 8 heteroatoms. The van der Waals surface area contributed by atoms with Crippen molar-refractivity contribution in [1.29, 1.82) is 0 Å². The fraction of sp³-hybridized carbons (Fsp3) is 0.250. The van der Waals surface area contributed by atoms with Crippen molar-refractivity contribution in [2.75, 3.05) is 29.0 Å². The van der Waals surface area contributed by atoms with Crippen LogP contribution in [0.3, 0.4) is 0 Å². The summed E-state index contributed by atoms with van der Waals surface area (Å²) in [6.07, 6.45) is 1.78. The first-order valence-corrected chi connectivity index (χ1v) is 10.5. The molecule has 3 rings (SSSR count). The van der Waals surface area contributed by atoms with Crippen LogP contribution in [-0.4, -0.2) is 39.8 Å². The van der Waals surface area contributed by atoms with Gasteiger partial charge in [-0.3, -0.25) is 9.10 Å². The highest BCUT2D eigenvalue weighted by Crippen LogP contribution is 2.36. The molecule has 2 aromatic rings. The number of ether oxygens (including phenoxy) is 2. The molecule has 1 N–H and O–H groups in total. The van der Waals surface area contributed by atoms with E-state index in [2.05, 4.69) is 11.9 Å². The minimum absolute atomic E-state index is 0.0956. The van der Waals surface area contributed by atoms with Crippen molar-refractivity contribution >= 4 is 27.3 Å². The topological polar surface area (TPSA) is 84.9 Å². The fourth-order valence-electron chi connectivity index (χ4n) is 2.82. The highest BCUT2D eigenvalue weighted by molar-refractivity contribution is 7.92. The molecular formula is C20H22N2O5S. The van der Waals surface area contributed by atoms with Crippen molar-refractivity contribution in [3.8, 4) is 11.5 Å². The Hall–Kier alpha value is -3.00. The molecule has 1 atom stereocenters. The van der Waals surface area contributed by atoms with E-state index in [1.54, 1.807) is 42.5 Å². The highest BCUT2D eigenvalue weighted by atomic mass is 32.2. The summed E-state index contributed by atoms with van der Waals surface area (Å²) in [7, 11) is -3.56. The van der Waals surface area contributed by atoms with Gasteiger partial charge in [0.2, 0.25) is 10.0 Å². The summed E-state index contributed by atoms with van der Waals surface area (Å²) in [4.78, 5) is 12.7. The summed E-state index contributed by atoms with van der Waals surface area (Å²) in [5, 5.41) is 2.75. The Morgan fingerprint density at radius 1 is 1.32 bits per heavy atom. The lowest BCUT2D eigenvalue weighted by Crippen LogP contribution is -2.48. The van der Waals surface area contributed by atoms with E-state index < -0.39 is 22.0 Å². The first-order valence-electron chi connectivity index (χ1n) is 8.67. The summed E-state index contributed by atoms with van der Waals surface area (Å²) in [5.41, 5.74) is 1.90. The van der Waals surface area contributed by atoms with Gasteiger partial charge >= 0.3 is 0 Å². The molecule has 1 amide bonds. The maximum atomic E-state index is 12.7. The van der Waals surface area contributed by atoms with Gasteiger partial charge in [0.15, 0.2) is 6.10 Å². The molecule has 1 aliphatic heterocycles. The number of aryl methyl sites for hydroxylation is 1. The van der Waals surface area contributed by atoms with Crippen LogP contribution in [0.1, 0.15) is 5.56 Å². The van der Waals surface area contributed by atoms with E-state index in [1.807, 2.05) is 13.0 Å². The molecular weight excluding hydrogens is 380 g/mol. The largest absolute Gasteiger partial charge is 0.490 e. The zero-order valence-corrected chi connectivity index (χ0v) is 16.5. The number of carbonyl (C=O) groups is 1. The molecule has 0 fully saturated rings. The molecule has 0 unspecified atom stereocenters. The standard InChI is InChI=1S/C20H22N2O5S/c1-4-11-26-16-8-6-15(7-9-16)21-20(23)19-13-22(28(3,24)25)17-12-14(2)5-10-18(17)27-19/h4-10,12,19H,1,11,13H2,2-3H3,(H,21,23)/t19-/m0/s1. The minimum atomic E-state index is -3.56. The normalized spacial score (nSPS) is 15.9. The smallest absolute Gasteiger partial charge is 0.267 e. The number of hydrogen-bond donors (Lipinski definition) is 1. The Labute approximate surface area is 164 Å². The number of hydrogen-bond acceptors (Lipinski definition) is 5. The van der Waals surface area contributed by atoms with Crippen LogP contribution in [0, 0.1) is 6.92 Å². The average Bonchev–Trinajstić information content (AvgIpc) is 2.65. The molecule has 1 heterocycles. The van der Waals surface area contributed by atoms with E-state index in [0.717, 1.165) is 11.8 Å².